The average Bonchev–Trinajstić information content (AvgIpc) is 3.98. The molecular weight excluding hydrogens is 629 g/mol. The third-order valence-corrected chi connectivity index (χ3v) is 11.4. The molecule has 1 aromatic heterocycles. The summed E-state index contributed by atoms with van der Waals surface area (Å²) in [6.07, 6.45) is 3.60. The normalized spacial score (nSPS) is 18.2. The third kappa shape index (κ3) is 5.06. The van der Waals surface area contributed by atoms with Crippen LogP contribution < -0.4 is 9.80 Å². The van der Waals surface area contributed by atoms with Crippen molar-refractivity contribution in [2.24, 2.45) is 0 Å². The molecule has 2 fully saturated rings. The van der Waals surface area contributed by atoms with Crippen LogP contribution in [0.5, 0.6) is 0 Å². The molecule has 5 nitrogen and oxygen atoms in total. The molecule has 51 heavy (non-hydrogen) atoms. The highest BCUT2D eigenvalue weighted by Gasteiger charge is 2.48. The van der Waals surface area contributed by atoms with Crippen molar-refractivity contribution >= 4 is 33.3 Å². The molecule has 0 aliphatic carbocycles. The Morgan fingerprint density at radius 1 is 0.431 bits per heavy atom. The van der Waals surface area contributed by atoms with Gasteiger partial charge in [0.1, 0.15) is 11.2 Å². The van der Waals surface area contributed by atoms with Gasteiger partial charge in [0.05, 0.1) is 23.5 Å². The van der Waals surface area contributed by atoms with E-state index in [2.05, 4.69) is 46.2 Å². The topological polar surface area (TPSA) is 60.1 Å². The highest BCUT2D eigenvalue weighted by atomic mass is 16.3. The molecule has 254 valence electrons. The van der Waals surface area contributed by atoms with Crippen molar-refractivity contribution in [2.45, 2.75) is 49.0 Å². The zero-order chi connectivity index (χ0) is 34.4. The Balaban J connectivity index is 1.17. The lowest BCUT2D eigenvalue weighted by Gasteiger charge is -2.41. The molecule has 0 unspecified atom stereocenters. The summed E-state index contributed by atoms with van der Waals surface area (Å²) in [6.45, 7) is 1.62. The number of fused-ring (bicyclic) bond motifs is 3. The molecule has 9 rings (SSSR count). The maximum atomic E-state index is 12.9. The lowest BCUT2D eigenvalue weighted by molar-refractivity contribution is 0.0528. The number of aliphatic hydroxyl groups is 2. The van der Waals surface area contributed by atoms with Gasteiger partial charge in [-0.05, 0) is 60.1 Å². The van der Waals surface area contributed by atoms with Crippen molar-refractivity contribution in [3.63, 3.8) is 0 Å². The van der Waals surface area contributed by atoms with Crippen LogP contribution in [-0.2, 0) is 11.2 Å². The molecule has 0 spiro atoms. The van der Waals surface area contributed by atoms with Gasteiger partial charge in [0.15, 0.2) is 11.2 Å². The van der Waals surface area contributed by atoms with Crippen molar-refractivity contribution in [3.8, 4) is 0 Å². The van der Waals surface area contributed by atoms with Crippen LogP contribution >= 0.6 is 0 Å². The van der Waals surface area contributed by atoms with Crippen LogP contribution in [0, 0.1) is 0 Å². The van der Waals surface area contributed by atoms with Gasteiger partial charge in [0.25, 0.3) is 0 Å². The van der Waals surface area contributed by atoms with E-state index in [1.807, 2.05) is 121 Å². The number of nitrogens with zero attached hydrogens (tertiary/aromatic N) is 2. The Morgan fingerprint density at radius 2 is 0.765 bits per heavy atom. The van der Waals surface area contributed by atoms with Crippen LogP contribution in [0.1, 0.15) is 47.9 Å². The predicted molar refractivity (Wildman–Crippen MR) is 206 cm³/mol. The van der Waals surface area contributed by atoms with Crippen molar-refractivity contribution in [1.82, 2.24) is 0 Å². The lowest BCUT2D eigenvalue weighted by atomic mass is 9.79. The molecule has 2 aliphatic heterocycles. The standard InChI is InChI=1S/C46H42N2O3/c49-45(33-17-5-1-6-18-33,34-19-7-2-8-20-34)41-29-15-31-47(41)39-27-13-25-37-38-26-14-28-40(44(38)51-43(37)39)48-32-16-30-42(48)46(50,35-21-9-3-10-22-35)36-23-11-4-12-24-36/h1-14,17-28,41-42,49-50H,15-16,29-32H2/t41-,42-/m0/s1. The Kier molecular flexibility index (Phi) is 7.91. The second-order valence-electron chi connectivity index (χ2n) is 14.1. The lowest BCUT2D eigenvalue weighted by Crippen LogP contribution is -2.48. The SMILES string of the molecule is OC(c1ccccc1)(c1ccccc1)[C@@H]1CCCN1c1cccc2c1oc1c(N3CCC[C@H]3C(O)(c3ccccc3)c3ccccc3)cccc12. The number of furan rings is 1. The summed E-state index contributed by atoms with van der Waals surface area (Å²) in [5, 5.41) is 27.9. The van der Waals surface area contributed by atoms with E-state index in [9.17, 15) is 10.2 Å². The average molecular weight is 671 g/mol. The molecule has 2 aliphatic rings. The Bertz CT molecular complexity index is 2030. The molecule has 5 heteroatoms. The molecule has 2 N–H and O–H groups in total. The highest BCUT2D eigenvalue weighted by Crippen LogP contribution is 2.48. The van der Waals surface area contributed by atoms with Gasteiger partial charge in [0.2, 0.25) is 0 Å². The van der Waals surface area contributed by atoms with Crippen LogP contribution in [0.3, 0.4) is 0 Å². The van der Waals surface area contributed by atoms with E-state index < -0.39 is 11.2 Å². The first-order valence-electron chi connectivity index (χ1n) is 18.2. The monoisotopic (exact) mass is 670 g/mol. The fourth-order valence-electron chi connectivity index (χ4n) is 9.09. The predicted octanol–water partition coefficient (Wildman–Crippen LogP) is 9.40. The van der Waals surface area contributed by atoms with E-state index in [1.165, 1.54) is 0 Å². The Morgan fingerprint density at radius 3 is 1.10 bits per heavy atom. The van der Waals surface area contributed by atoms with Gasteiger partial charge in [-0.3, -0.25) is 0 Å². The second kappa shape index (κ2) is 12.8. The van der Waals surface area contributed by atoms with Gasteiger partial charge < -0.3 is 24.4 Å². The first kappa shape index (κ1) is 31.6. The van der Waals surface area contributed by atoms with E-state index in [4.69, 9.17) is 4.42 Å². The van der Waals surface area contributed by atoms with E-state index in [0.717, 1.165) is 94.3 Å². The van der Waals surface area contributed by atoms with Crippen LogP contribution in [0.25, 0.3) is 21.9 Å². The minimum atomic E-state index is -1.22. The van der Waals surface area contributed by atoms with E-state index >= 15 is 0 Å². The molecule has 2 atom stereocenters. The van der Waals surface area contributed by atoms with Gasteiger partial charge in [-0.2, -0.15) is 0 Å². The smallest absolute Gasteiger partial charge is 0.158 e. The fourth-order valence-corrected chi connectivity index (χ4v) is 9.09. The molecule has 0 bridgehead atoms. The van der Waals surface area contributed by atoms with E-state index in [1.54, 1.807) is 0 Å². The summed E-state index contributed by atoms with van der Waals surface area (Å²) in [4.78, 5) is 4.74. The molecule has 3 heterocycles. The zero-order valence-electron chi connectivity index (χ0n) is 28.6. The van der Waals surface area contributed by atoms with Gasteiger partial charge in [-0.25, -0.2) is 0 Å². The van der Waals surface area contributed by atoms with Gasteiger partial charge >= 0.3 is 0 Å². The summed E-state index contributed by atoms with van der Waals surface area (Å²) in [7, 11) is 0. The summed E-state index contributed by atoms with van der Waals surface area (Å²) in [5.41, 5.74) is 4.73. The largest absolute Gasteiger partial charge is 0.452 e. The summed E-state index contributed by atoms with van der Waals surface area (Å²) < 4.78 is 7.04. The number of para-hydroxylation sites is 2. The summed E-state index contributed by atoms with van der Waals surface area (Å²) in [5.74, 6) is 0. The molecule has 6 aromatic carbocycles. The zero-order valence-corrected chi connectivity index (χ0v) is 28.6. The Labute approximate surface area is 299 Å². The van der Waals surface area contributed by atoms with Crippen LogP contribution in [0.15, 0.2) is 162 Å². The minimum Gasteiger partial charge on any atom is -0.452 e. The first-order chi connectivity index (χ1) is 25.1. The van der Waals surface area contributed by atoms with Crippen molar-refractivity contribution in [1.29, 1.82) is 0 Å². The summed E-state index contributed by atoms with van der Waals surface area (Å²) >= 11 is 0. The quantitative estimate of drug-likeness (QED) is 0.169. The van der Waals surface area contributed by atoms with Crippen molar-refractivity contribution in [2.75, 3.05) is 22.9 Å². The number of rotatable bonds is 8. The van der Waals surface area contributed by atoms with Gasteiger partial charge in [-0.15, -0.1) is 0 Å². The van der Waals surface area contributed by atoms with Crippen LogP contribution in [0.2, 0.25) is 0 Å². The second-order valence-corrected chi connectivity index (χ2v) is 14.1. The number of hydrogen-bond donors (Lipinski definition) is 2. The number of anilines is 2. The number of benzene rings is 6. The molecule has 7 aromatic rings. The number of hydrogen-bond acceptors (Lipinski definition) is 5. The van der Waals surface area contributed by atoms with Crippen molar-refractivity contribution in [3.05, 3.63) is 180 Å². The van der Waals surface area contributed by atoms with Crippen LogP contribution in [-0.4, -0.2) is 35.4 Å². The maximum absolute atomic E-state index is 12.9. The van der Waals surface area contributed by atoms with E-state index in [-0.39, 0.29) is 12.1 Å². The van der Waals surface area contributed by atoms with Crippen LogP contribution in [0.4, 0.5) is 11.4 Å². The summed E-state index contributed by atoms with van der Waals surface area (Å²) in [6, 6.07) is 52.7. The highest BCUT2D eigenvalue weighted by molar-refractivity contribution is 6.12. The van der Waals surface area contributed by atoms with Gasteiger partial charge in [-0.1, -0.05) is 146 Å². The molecule has 2 saturated heterocycles. The maximum Gasteiger partial charge on any atom is 0.158 e. The third-order valence-electron chi connectivity index (χ3n) is 11.4. The first-order valence-corrected chi connectivity index (χ1v) is 18.2. The van der Waals surface area contributed by atoms with Crippen molar-refractivity contribution < 1.29 is 14.6 Å². The fraction of sp³-hybridized carbons (Fsp3) is 0.217. The molecule has 0 radical (unpaired) electrons. The van der Waals surface area contributed by atoms with E-state index in [0.29, 0.717) is 0 Å². The Hall–Kier alpha value is -5.36. The minimum absolute atomic E-state index is 0.199. The molecular formula is C46H42N2O3. The molecule has 0 saturated carbocycles. The molecule has 0 amide bonds. The van der Waals surface area contributed by atoms with Gasteiger partial charge in [0, 0.05) is 23.9 Å².